The van der Waals surface area contributed by atoms with Crippen molar-refractivity contribution in [2.45, 2.75) is 33.2 Å². The zero-order valence-corrected chi connectivity index (χ0v) is 13.7. The normalized spacial score (nSPS) is 10.6. The van der Waals surface area contributed by atoms with Crippen LogP contribution in [-0.2, 0) is 17.8 Å². The monoisotopic (exact) mass is 332 g/mol. The molecule has 2 N–H and O–H groups in total. The number of benzene rings is 1. The number of hydrogen-bond donors (Lipinski definition) is 2. The van der Waals surface area contributed by atoms with Crippen molar-refractivity contribution >= 4 is 11.6 Å². The smallest absolute Gasteiger partial charge is 0.312 e. The van der Waals surface area contributed by atoms with Crippen molar-refractivity contribution in [2.75, 3.05) is 6.54 Å². The standard InChI is InChI=1S/C16H20N4O4/c1-11-16(20(23)24)12(2)19(18-11)9-7-15(22)17-8-6-13-4-3-5-14(21)10-13/h3-5,10,21H,6-9H2,1-2H3,(H,17,22). The highest BCUT2D eigenvalue weighted by atomic mass is 16.6. The van der Waals surface area contributed by atoms with Crippen LogP contribution in [0.4, 0.5) is 5.69 Å². The molecule has 1 heterocycles. The maximum absolute atomic E-state index is 11.9. The number of carbonyl (C=O) groups is 1. The number of rotatable bonds is 7. The molecule has 1 amide bonds. The van der Waals surface area contributed by atoms with Crippen molar-refractivity contribution in [3.63, 3.8) is 0 Å². The average Bonchev–Trinajstić information content (AvgIpc) is 2.79. The van der Waals surface area contributed by atoms with Gasteiger partial charge in [0.05, 0.1) is 11.5 Å². The summed E-state index contributed by atoms with van der Waals surface area (Å²) in [5.74, 6) is 0.0512. The Kier molecular flexibility index (Phi) is 5.51. The van der Waals surface area contributed by atoms with Gasteiger partial charge in [-0.1, -0.05) is 12.1 Å². The molecular formula is C16H20N4O4. The summed E-state index contributed by atoms with van der Waals surface area (Å²) in [7, 11) is 0. The highest BCUT2D eigenvalue weighted by Crippen LogP contribution is 2.21. The number of carbonyl (C=O) groups excluding carboxylic acids is 1. The third-order valence-electron chi connectivity index (χ3n) is 3.72. The highest BCUT2D eigenvalue weighted by Gasteiger charge is 2.21. The van der Waals surface area contributed by atoms with Crippen LogP contribution in [0.3, 0.4) is 0 Å². The highest BCUT2D eigenvalue weighted by molar-refractivity contribution is 5.75. The topological polar surface area (TPSA) is 110 Å². The lowest BCUT2D eigenvalue weighted by Crippen LogP contribution is -2.26. The molecule has 0 aliphatic carbocycles. The van der Waals surface area contributed by atoms with Crippen molar-refractivity contribution in [1.29, 1.82) is 0 Å². The summed E-state index contributed by atoms with van der Waals surface area (Å²) in [5.41, 5.74) is 1.73. The summed E-state index contributed by atoms with van der Waals surface area (Å²) >= 11 is 0. The van der Waals surface area contributed by atoms with E-state index in [1.807, 2.05) is 6.07 Å². The predicted octanol–water partition coefficient (Wildman–Crippen LogP) is 1.86. The molecule has 0 atom stereocenters. The van der Waals surface area contributed by atoms with Crippen LogP contribution in [-0.4, -0.2) is 32.3 Å². The number of aromatic hydroxyl groups is 1. The summed E-state index contributed by atoms with van der Waals surface area (Å²) in [4.78, 5) is 22.4. The van der Waals surface area contributed by atoms with Gasteiger partial charge in [0.2, 0.25) is 5.91 Å². The van der Waals surface area contributed by atoms with E-state index in [2.05, 4.69) is 10.4 Å². The molecular weight excluding hydrogens is 312 g/mol. The molecule has 1 aromatic heterocycles. The summed E-state index contributed by atoms with van der Waals surface area (Å²) in [5, 5.41) is 27.2. The van der Waals surface area contributed by atoms with Gasteiger partial charge >= 0.3 is 5.69 Å². The number of amides is 1. The van der Waals surface area contributed by atoms with Gasteiger partial charge < -0.3 is 10.4 Å². The van der Waals surface area contributed by atoms with Crippen LogP contribution >= 0.6 is 0 Å². The number of nitro groups is 1. The number of aromatic nitrogens is 2. The van der Waals surface area contributed by atoms with E-state index in [1.54, 1.807) is 32.0 Å². The molecule has 0 aliphatic rings. The molecule has 0 spiro atoms. The van der Waals surface area contributed by atoms with Gasteiger partial charge in [-0.15, -0.1) is 0 Å². The fourth-order valence-electron chi connectivity index (χ4n) is 2.52. The molecule has 0 radical (unpaired) electrons. The van der Waals surface area contributed by atoms with Gasteiger partial charge in [0, 0.05) is 13.0 Å². The Balaban J connectivity index is 1.81. The van der Waals surface area contributed by atoms with E-state index in [0.29, 0.717) is 30.9 Å². The number of hydrogen-bond acceptors (Lipinski definition) is 5. The Bertz CT molecular complexity index is 755. The second-order valence-corrected chi connectivity index (χ2v) is 5.52. The van der Waals surface area contributed by atoms with E-state index < -0.39 is 4.92 Å². The van der Waals surface area contributed by atoms with E-state index in [1.165, 1.54) is 4.68 Å². The zero-order chi connectivity index (χ0) is 17.7. The molecule has 8 heteroatoms. The molecule has 24 heavy (non-hydrogen) atoms. The molecule has 0 aliphatic heterocycles. The lowest BCUT2D eigenvalue weighted by Gasteiger charge is -2.07. The second-order valence-electron chi connectivity index (χ2n) is 5.52. The predicted molar refractivity (Wildman–Crippen MR) is 87.8 cm³/mol. The number of nitrogens with zero attached hydrogens (tertiary/aromatic N) is 3. The molecule has 0 fully saturated rings. The summed E-state index contributed by atoms with van der Waals surface area (Å²) in [6.07, 6.45) is 0.810. The lowest BCUT2D eigenvalue weighted by atomic mass is 10.1. The van der Waals surface area contributed by atoms with Crippen LogP contribution in [0.5, 0.6) is 5.75 Å². The molecule has 2 aromatic rings. The first kappa shape index (κ1) is 17.5. The first-order chi connectivity index (χ1) is 11.4. The average molecular weight is 332 g/mol. The molecule has 0 saturated carbocycles. The Morgan fingerprint density at radius 1 is 1.42 bits per heavy atom. The van der Waals surface area contributed by atoms with E-state index in [-0.39, 0.29) is 23.8 Å². The summed E-state index contributed by atoms with van der Waals surface area (Å²) in [6.45, 7) is 3.95. The number of nitrogens with one attached hydrogen (secondary N) is 1. The molecule has 128 valence electrons. The molecule has 2 rings (SSSR count). The molecule has 1 aromatic carbocycles. The first-order valence-electron chi connectivity index (χ1n) is 7.61. The van der Waals surface area contributed by atoms with Crippen molar-refractivity contribution in [2.24, 2.45) is 0 Å². The quantitative estimate of drug-likeness (QED) is 0.594. The Morgan fingerprint density at radius 3 is 2.79 bits per heavy atom. The Labute approximate surface area is 139 Å². The molecule has 0 saturated heterocycles. The van der Waals surface area contributed by atoms with Crippen LogP contribution in [0, 0.1) is 24.0 Å². The molecule has 0 bridgehead atoms. The van der Waals surface area contributed by atoms with E-state index >= 15 is 0 Å². The van der Waals surface area contributed by atoms with Crippen molar-refractivity contribution in [1.82, 2.24) is 15.1 Å². The fraction of sp³-hybridized carbons (Fsp3) is 0.375. The van der Waals surface area contributed by atoms with Crippen LogP contribution in [0.2, 0.25) is 0 Å². The van der Waals surface area contributed by atoms with Gasteiger partial charge in [0.25, 0.3) is 0 Å². The lowest BCUT2D eigenvalue weighted by molar-refractivity contribution is -0.386. The minimum atomic E-state index is -0.455. The molecule has 8 nitrogen and oxygen atoms in total. The van der Waals surface area contributed by atoms with E-state index in [0.717, 1.165) is 5.56 Å². The Hall–Kier alpha value is -2.90. The van der Waals surface area contributed by atoms with Crippen LogP contribution < -0.4 is 5.32 Å². The number of aryl methyl sites for hydroxylation is 2. The zero-order valence-electron chi connectivity index (χ0n) is 13.7. The second kappa shape index (κ2) is 7.58. The van der Waals surface area contributed by atoms with E-state index in [4.69, 9.17) is 0 Å². The van der Waals surface area contributed by atoms with Crippen LogP contribution in [0.15, 0.2) is 24.3 Å². The minimum absolute atomic E-state index is 0.000654. The van der Waals surface area contributed by atoms with E-state index in [9.17, 15) is 20.0 Å². The molecule has 0 unspecified atom stereocenters. The van der Waals surface area contributed by atoms with Crippen molar-refractivity contribution in [3.05, 3.63) is 51.3 Å². The third kappa shape index (κ3) is 4.31. The van der Waals surface area contributed by atoms with Crippen LogP contribution in [0.1, 0.15) is 23.4 Å². The van der Waals surface area contributed by atoms with Gasteiger partial charge in [-0.25, -0.2) is 0 Å². The fourth-order valence-corrected chi connectivity index (χ4v) is 2.52. The van der Waals surface area contributed by atoms with Gasteiger partial charge in [-0.3, -0.25) is 19.6 Å². The van der Waals surface area contributed by atoms with Crippen LogP contribution in [0.25, 0.3) is 0 Å². The first-order valence-corrected chi connectivity index (χ1v) is 7.61. The third-order valence-corrected chi connectivity index (χ3v) is 3.72. The SMILES string of the molecule is Cc1nn(CCC(=O)NCCc2cccc(O)c2)c(C)c1[N+](=O)[O-]. The van der Waals surface area contributed by atoms with Gasteiger partial charge in [-0.2, -0.15) is 5.10 Å². The Morgan fingerprint density at radius 2 is 2.17 bits per heavy atom. The van der Waals surface area contributed by atoms with Crippen molar-refractivity contribution in [3.8, 4) is 5.75 Å². The summed E-state index contributed by atoms with van der Waals surface area (Å²) in [6, 6.07) is 6.87. The number of phenolic OH excluding ortho intramolecular Hbond substituents is 1. The maximum atomic E-state index is 11.9. The maximum Gasteiger partial charge on any atom is 0.312 e. The van der Waals surface area contributed by atoms with Gasteiger partial charge in [-0.05, 0) is 38.0 Å². The minimum Gasteiger partial charge on any atom is -0.508 e. The summed E-state index contributed by atoms with van der Waals surface area (Å²) < 4.78 is 1.49. The largest absolute Gasteiger partial charge is 0.508 e. The number of phenols is 1. The van der Waals surface area contributed by atoms with Crippen molar-refractivity contribution < 1.29 is 14.8 Å². The van der Waals surface area contributed by atoms with Gasteiger partial charge in [0.1, 0.15) is 17.1 Å². The van der Waals surface area contributed by atoms with Gasteiger partial charge in [0.15, 0.2) is 0 Å².